The van der Waals surface area contributed by atoms with Crippen LogP contribution in [0.3, 0.4) is 0 Å². The van der Waals surface area contributed by atoms with Crippen LogP contribution >= 0.6 is 47.8 Å². The molecule has 1 amide bonds. The summed E-state index contributed by atoms with van der Waals surface area (Å²) in [5.74, 6) is 0.734. The van der Waals surface area contributed by atoms with E-state index in [-0.39, 0.29) is 30.7 Å². The van der Waals surface area contributed by atoms with Crippen LogP contribution in [0, 0.1) is 5.92 Å². The van der Waals surface area contributed by atoms with Crippen LogP contribution in [-0.4, -0.2) is 42.5 Å². The maximum absolute atomic E-state index is 12.4. The van der Waals surface area contributed by atoms with Gasteiger partial charge in [0.2, 0.25) is 5.91 Å². The third-order valence-electron chi connectivity index (χ3n) is 4.12. The molecule has 0 aliphatic carbocycles. The number of nitrogens with one attached hydrogen (secondary N) is 1. The van der Waals surface area contributed by atoms with Crippen molar-refractivity contribution in [3.63, 3.8) is 0 Å². The number of benzene rings is 1. The van der Waals surface area contributed by atoms with Gasteiger partial charge in [-0.25, -0.2) is 4.98 Å². The summed E-state index contributed by atoms with van der Waals surface area (Å²) in [5, 5.41) is 6.70. The lowest BCUT2D eigenvalue weighted by atomic mass is 10.1. The summed E-state index contributed by atoms with van der Waals surface area (Å²) in [6.45, 7) is 2.67. The molecule has 4 nitrogen and oxygen atoms in total. The van der Waals surface area contributed by atoms with Gasteiger partial charge in [0.05, 0.1) is 17.1 Å². The smallest absolute Gasteiger partial charge is 0.228 e. The molecule has 1 aliphatic heterocycles. The zero-order valence-electron chi connectivity index (χ0n) is 13.9. The van der Waals surface area contributed by atoms with Crippen LogP contribution in [-0.2, 0) is 11.2 Å². The molecule has 0 spiro atoms. The van der Waals surface area contributed by atoms with Gasteiger partial charge in [-0.05, 0) is 32.0 Å². The first-order valence-corrected chi connectivity index (χ1v) is 9.05. The number of carbonyl (C=O) groups excluding carboxylic acids is 1. The van der Waals surface area contributed by atoms with Gasteiger partial charge in [0, 0.05) is 24.0 Å². The van der Waals surface area contributed by atoms with Crippen LogP contribution in [0.15, 0.2) is 29.6 Å². The summed E-state index contributed by atoms with van der Waals surface area (Å²) in [6, 6.07) is 7.66. The van der Waals surface area contributed by atoms with Crippen molar-refractivity contribution in [3.8, 4) is 10.6 Å². The Balaban J connectivity index is 0.00000156. The van der Waals surface area contributed by atoms with Gasteiger partial charge < -0.3 is 10.2 Å². The van der Waals surface area contributed by atoms with Crippen molar-refractivity contribution in [3.05, 3.63) is 40.4 Å². The number of likely N-dealkylation sites (tertiary alicyclic amines) is 1. The third kappa shape index (κ3) is 5.56. The lowest BCUT2D eigenvalue weighted by Crippen LogP contribution is -2.31. The summed E-state index contributed by atoms with van der Waals surface area (Å²) < 4.78 is 0. The van der Waals surface area contributed by atoms with Crippen molar-refractivity contribution in [1.82, 2.24) is 15.2 Å². The van der Waals surface area contributed by atoms with E-state index in [0.29, 0.717) is 17.4 Å². The van der Waals surface area contributed by atoms with Gasteiger partial charge in [-0.3, -0.25) is 4.79 Å². The number of halogens is 3. The van der Waals surface area contributed by atoms with Crippen LogP contribution in [0.25, 0.3) is 10.6 Å². The number of nitrogens with zero attached hydrogens (tertiary/aromatic N) is 2. The molecule has 0 saturated carbocycles. The second-order valence-corrected chi connectivity index (χ2v) is 7.12. The number of thiazole rings is 1. The molecule has 0 radical (unpaired) electrons. The Labute approximate surface area is 169 Å². The largest absolute Gasteiger partial charge is 0.342 e. The van der Waals surface area contributed by atoms with Gasteiger partial charge in [0.15, 0.2) is 0 Å². The predicted octanol–water partition coefficient (Wildman–Crippen LogP) is 3.92. The minimum absolute atomic E-state index is 0. The van der Waals surface area contributed by atoms with Crippen molar-refractivity contribution in [2.75, 3.05) is 26.7 Å². The van der Waals surface area contributed by atoms with Gasteiger partial charge in [-0.2, -0.15) is 0 Å². The van der Waals surface area contributed by atoms with Crippen molar-refractivity contribution in [2.45, 2.75) is 12.8 Å². The van der Waals surface area contributed by atoms with Crippen LogP contribution in [0.4, 0.5) is 0 Å². The molecule has 2 heterocycles. The molecule has 1 N–H and O–H groups in total. The Morgan fingerprint density at radius 1 is 1.40 bits per heavy atom. The molecule has 1 atom stereocenters. The lowest BCUT2D eigenvalue weighted by Gasteiger charge is -2.15. The number of carbonyl (C=O) groups is 1. The zero-order chi connectivity index (χ0) is 16.2. The number of hydrogen-bond donors (Lipinski definition) is 1. The fraction of sp³-hybridized carbons (Fsp3) is 0.412. The Morgan fingerprint density at radius 3 is 2.88 bits per heavy atom. The molecule has 2 aromatic rings. The fourth-order valence-electron chi connectivity index (χ4n) is 2.93. The highest BCUT2D eigenvalue weighted by molar-refractivity contribution is 7.13. The van der Waals surface area contributed by atoms with E-state index in [9.17, 15) is 4.79 Å². The predicted molar refractivity (Wildman–Crippen MR) is 109 cm³/mol. The molecule has 1 aromatic heterocycles. The molecule has 1 fully saturated rings. The maximum Gasteiger partial charge on any atom is 0.228 e. The van der Waals surface area contributed by atoms with Crippen molar-refractivity contribution < 1.29 is 4.79 Å². The first kappa shape index (κ1) is 22.2. The van der Waals surface area contributed by atoms with Crippen molar-refractivity contribution in [2.24, 2.45) is 5.92 Å². The molecule has 1 unspecified atom stereocenters. The highest BCUT2D eigenvalue weighted by Crippen LogP contribution is 2.30. The van der Waals surface area contributed by atoms with Gasteiger partial charge in [-0.1, -0.05) is 29.8 Å². The molecule has 1 aromatic carbocycles. The van der Waals surface area contributed by atoms with Crippen LogP contribution in [0.2, 0.25) is 5.02 Å². The minimum Gasteiger partial charge on any atom is -0.342 e. The van der Waals surface area contributed by atoms with E-state index >= 15 is 0 Å². The third-order valence-corrected chi connectivity index (χ3v) is 5.37. The standard InChI is InChI=1S/C17H20ClN3OS.2ClH/c1-19-9-12-6-7-21(10-12)16(22)8-13-11-23-17(20-13)14-4-2-3-5-15(14)18;;/h2-5,11-12,19H,6-10H2,1H3;2*1H. The highest BCUT2D eigenvalue weighted by Gasteiger charge is 2.26. The Kier molecular flexibility index (Phi) is 9.17. The van der Waals surface area contributed by atoms with E-state index in [2.05, 4.69) is 10.3 Å². The lowest BCUT2D eigenvalue weighted by molar-refractivity contribution is -0.129. The Hall–Kier alpha value is -0.850. The molecule has 1 saturated heterocycles. The fourth-order valence-corrected chi connectivity index (χ4v) is 4.07. The van der Waals surface area contributed by atoms with Crippen LogP contribution in [0.5, 0.6) is 0 Å². The summed E-state index contributed by atoms with van der Waals surface area (Å²) in [6.07, 6.45) is 1.45. The van der Waals surface area contributed by atoms with E-state index in [1.807, 2.05) is 41.6 Å². The monoisotopic (exact) mass is 421 g/mol. The molecule has 138 valence electrons. The van der Waals surface area contributed by atoms with Crippen molar-refractivity contribution in [1.29, 1.82) is 0 Å². The molecule has 0 bridgehead atoms. The van der Waals surface area contributed by atoms with Gasteiger partial charge >= 0.3 is 0 Å². The Morgan fingerprint density at radius 2 is 2.16 bits per heavy atom. The summed E-state index contributed by atoms with van der Waals surface area (Å²) >= 11 is 7.74. The molecule has 1 aliphatic rings. The average Bonchev–Trinajstić information content (AvgIpc) is 3.18. The average molecular weight is 423 g/mol. The van der Waals surface area contributed by atoms with E-state index in [4.69, 9.17) is 11.6 Å². The molecule has 8 heteroatoms. The normalized spacial score (nSPS) is 16.2. The van der Waals surface area contributed by atoms with Gasteiger partial charge in [0.25, 0.3) is 0 Å². The number of hydrogen-bond acceptors (Lipinski definition) is 4. The number of aromatic nitrogens is 1. The second-order valence-electron chi connectivity index (χ2n) is 5.85. The summed E-state index contributed by atoms with van der Waals surface area (Å²) in [7, 11) is 1.95. The maximum atomic E-state index is 12.4. The topological polar surface area (TPSA) is 45.2 Å². The molecular weight excluding hydrogens is 401 g/mol. The molecular formula is C17H22Cl3N3OS. The van der Waals surface area contributed by atoms with Gasteiger partial charge in [0.1, 0.15) is 5.01 Å². The van der Waals surface area contributed by atoms with Crippen LogP contribution < -0.4 is 5.32 Å². The molecule has 25 heavy (non-hydrogen) atoms. The van der Waals surface area contributed by atoms with E-state index in [1.54, 1.807) is 0 Å². The van der Waals surface area contributed by atoms with Crippen LogP contribution in [0.1, 0.15) is 12.1 Å². The van der Waals surface area contributed by atoms with E-state index in [1.165, 1.54) is 11.3 Å². The number of rotatable bonds is 5. The summed E-state index contributed by atoms with van der Waals surface area (Å²) in [5.41, 5.74) is 1.75. The first-order chi connectivity index (χ1) is 11.2. The quantitative estimate of drug-likeness (QED) is 0.794. The van der Waals surface area contributed by atoms with Crippen molar-refractivity contribution >= 4 is 53.7 Å². The summed E-state index contributed by atoms with van der Waals surface area (Å²) in [4.78, 5) is 19.0. The zero-order valence-corrected chi connectivity index (χ0v) is 17.1. The van der Waals surface area contributed by atoms with E-state index < -0.39 is 0 Å². The van der Waals surface area contributed by atoms with E-state index in [0.717, 1.165) is 42.3 Å². The minimum atomic E-state index is 0. The molecule has 3 rings (SSSR count). The van der Waals surface area contributed by atoms with Gasteiger partial charge in [-0.15, -0.1) is 36.2 Å². The Bertz CT molecular complexity index is 695. The first-order valence-electron chi connectivity index (χ1n) is 7.79. The SMILES string of the molecule is CNCC1CCN(C(=O)Cc2csc(-c3ccccc3Cl)n2)C1.Cl.Cl. The highest BCUT2D eigenvalue weighted by atomic mass is 35.5. The second kappa shape index (κ2) is 10.3. The number of amides is 1.